The minimum Gasteiger partial charge on any atom is -0.478 e. The van der Waals surface area contributed by atoms with Crippen LogP contribution in [0.2, 0.25) is 0 Å². The van der Waals surface area contributed by atoms with Gasteiger partial charge in [-0.05, 0) is 38.8 Å². The third kappa shape index (κ3) is 5.94. The molecular weight excluding hydrogens is 362 g/mol. The first kappa shape index (κ1) is 21.1. The maximum atomic E-state index is 12.6. The van der Waals surface area contributed by atoms with Crippen molar-refractivity contribution in [2.24, 2.45) is 0 Å². The van der Waals surface area contributed by atoms with E-state index in [2.05, 4.69) is 15.3 Å². The number of hydrogen-bond donors (Lipinski definition) is 2. The van der Waals surface area contributed by atoms with Crippen molar-refractivity contribution in [1.82, 2.24) is 9.97 Å². The van der Waals surface area contributed by atoms with Gasteiger partial charge in [-0.25, -0.2) is 9.78 Å². The second kappa shape index (κ2) is 9.68. The van der Waals surface area contributed by atoms with Gasteiger partial charge in [-0.15, -0.1) is 0 Å². The quantitative estimate of drug-likeness (QED) is 0.673. The van der Waals surface area contributed by atoms with Crippen LogP contribution in [0, 0.1) is 0 Å². The number of carbonyl (C=O) groups is 2. The van der Waals surface area contributed by atoms with Crippen LogP contribution in [0.15, 0.2) is 30.5 Å². The third-order valence-corrected chi connectivity index (χ3v) is 3.85. The van der Waals surface area contributed by atoms with E-state index in [1.807, 2.05) is 27.7 Å². The Morgan fingerprint density at radius 1 is 1.07 bits per heavy atom. The molecule has 0 bridgehead atoms. The largest absolute Gasteiger partial charge is 0.478 e. The minimum atomic E-state index is -1.09. The highest BCUT2D eigenvalue weighted by Gasteiger charge is 2.15. The van der Waals surface area contributed by atoms with Crippen molar-refractivity contribution in [3.63, 3.8) is 0 Å². The monoisotopic (exact) mass is 387 g/mol. The Morgan fingerprint density at radius 2 is 1.71 bits per heavy atom. The number of anilines is 1. The number of carboxylic acid groups (broad SMARTS) is 1. The van der Waals surface area contributed by atoms with Crippen molar-refractivity contribution in [3.05, 3.63) is 41.6 Å². The van der Waals surface area contributed by atoms with E-state index < -0.39 is 11.9 Å². The first-order valence-electron chi connectivity index (χ1n) is 9.18. The molecule has 0 atom stereocenters. The van der Waals surface area contributed by atoms with Gasteiger partial charge in [-0.3, -0.25) is 4.79 Å². The summed E-state index contributed by atoms with van der Waals surface area (Å²) >= 11 is 0. The summed E-state index contributed by atoms with van der Waals surface area (Å²) in [4.78, 5) is 31.8. The number of hydrogen-bond acceptors (Lipinski definition) is 6. The molecule has 0 saturated heterocycles. The normalized spacial score (nSPS) is 10.8. The van der Waals surface area contributed by atoms with Crippen molar-refractivity contribution in [2.75, 3.05) is 5.32 Å². The number of nitrogens with one attached hydrogen (secondary N) is 1. The van der Waals surface area contributed by atoms with Gasteiger partial charge >= 0.3 is 5.97 Å². The maximum absolute atomic E-state index is 12.6. The van der Waals surface area contributed by atoms with Crippen LogP contribution in [0.1, 0.15) is 61.3 Å². The van der Waals surface area contributed by atoms with Gasteiger partial charge in [0.1, 0.15) is 5.82 Å². The van der Waals surface area contributed by atoms with Crippen LogP contribution in [0.3, 0.4) is 0 Å². The highest BCUT2D eigenvalue weighted by atomic mass is 16.5. The molecule has 0 saturated carbocycles. The van der Waals surface area contributed by atoms with E-state index in [0.717, 1.165) is 12.8 Å². The lowest BCUT2D eigenvalue weighted by Crippen LogP contribution is -2.18. The number of rotatable bonds is 9. The fourth-order valence-corrected chi connectivity index (χ4v) is 2.38. The van der Waals surface area contributed by atoms with Gasteiger partial charge in [-0.1, -0.05) is 13.8 Å². The number of aromatic nitrogens is 2. The molecule has 2 rings (SSSR count). The van der Waals surface area contributed by atoms with Crippen molar-refractivity contribution in [3.8, 4) is 11.8 Å². The summed E-state index contributed by atoms with van der Waals surface area (Å²) in [6.07, 6.45) is 2.68. The lowest BCUT2D eigenvalue weighted by atomic mass is 10.2. The van der Waals surface area contributed by atoms with Crippen LogP contribution >= 0.6 is 0 Å². The summed E-state index contributed by atoms with van der Waals surface area (Å²) in [5.41, 5.74) is 0.339. The van der Waals surface area contributed by atoms with Crippen molar-refractivity contribution < 1.29 is 24.2 Å². The van der Waals surface area contributed by atoms with Gasteiger partial charge in [0.25, 0.3) is 5.91 Å². The summed E-state index contributed by atoms with van der Waals surface area (Å²) in [5, 5.41) is 11.6. The number of aromatic carboxylic acids is 1. The fourth-order valence-electron chi connectivity index (χ4n) is 2.38. The zero-order chi connectivity index (χ0) is 20.7. The molecule has 8 nitrogen and oxygen atoms in total. The molecule has 0 radical (unpaired) electrons. The topological polar surface area (TPSA) is 111 Å². The number of ether oxygens (including phenoxy) is 2. The molecule has 0 aliphatic heterocycles. The third-order valence-electron chi connectivity index (χ3n) is 3.85. The number of pyridine rings is 2. The van der Waals surface area contributed by atoms with Gasteiger partial charge in [0.2, 0.25) is 11.8 Å². The number of carboxylic acids is 1. The van der Waals surface area contributed by atoms with Gasteiger partial charge in [0.05, 0.1) is 23.3 Å². The molecule has 8 heteroatoms. The van der Waals surface area contributed by atoms with E-state index in [9.17, 15) is 9.59 Å². The zero-order valence-electron chi connectivity index (χ0n) is 16.4. The maximum Gasteiger partial charge on any atom is 0.337 e. The molecule has 2 N–H and O–H groups in total. The zero-order valence-corrected chi connectivity index (χ0v) is 16.4. The number of nitrogens with zero attached hydrogens (tertiary/aromatic N) is 2. The second-order valence-corrected chi connectivity index (χ2v) is 6.45. The first-order chi connectivity index (χ1) is 13.3. The SMILES string of the molecule is CCC(CC)Oc1cc(C(=O)Nc2ccc(C(=O)O)cn2)cc(OC(C)C)n1. The van der Waals surface area contributed by atoms with E-state index >= 15 is 0 Å². The highest BCUT2D eigenvalue weighted by molar-refractivity contribution is 6.04. The molecule has 0 fully saturated rings. The van der Waals surface area contributed by atoms with E-state index in [-0.39, 0.29) is 29.5 Å². The average Bonchev–Trinajstić information content (AvgIpc) is 2.65. The lowest BCUT2D eigenvalue weighted by molar-refractivity contribution is 0.0696. The molecule has 0 unspecified atom stereocenters. The highest BCUT2D eigenvalue weighted by Crippen LogP contribution is 2.22. The molecule has 0 aliphatic rings. The smallest absolute Gasteiger partial charge is 0.337 e. The molecule has 0 spiro atoms. The molecular formula is C20H25N3O5. The summed E-state index contributed by atoms with van der Waals surface area (Å²) in [6.45, 7) is 7.76. The predicted molar refractivity (Wildman–Crippen MR) is 104 cm³/mol. The van der Waals surface area contributed by atoms with Crippen molar-refractivity contribution in [2.45, 2.75) is 52.7 Å². The average molecular weight is 387 g/mol. The number of amides is 1. The van der Waals surface area contributed by atoms with E-state index in [0.29, 0.717) is 11.4 Å². The van der Waals surface area contributed by atoms with Crippen LogP contribution in [0.4, 0.5) is 5.82 Å². The van der Waals surface area contributed by atoms with Crippen LogP contribution in [0.25, 0.3) is 0 Å². The molecule has 0 aromatic carbocycles. The minimum absolute atomic E-state index is 0.0112. The Balaban J connectivity index is 2.25. The standard InChI is InChI=1S/C20H25N3O5/c1-5-15(6-2)28-18-10-14(9-17(23-18)27-12(3)4)19(24)22-16-8-7-13(11-21-16)20(25)26/h7-12,15H,5-6H2,1-4H3,(H,25,26)(H,21,22,24). The summed E-state index contributed by atoms with van der Waals surface area (Å²) < 4.78 is 11.5. The van der Waals surface area contributed by atoms with Crippen LogP contribution in [-0.2, 0) is 0 Å². The summed E-state index contributed by atoms with van der Waals surface area (Å²) in [5.74, 6) is -0.677. The molecule has 28 heavy (non-hydrogen) atoms. The molecule has 2 aromatic heterocycles. The summed E-state index contributed by atoms with van der Waals surface area (Å²) in [7, 11) is 0. The van der Waals surface area contributed by atoms with Gasteiger partial charge < -0.3 is 19.9 Å². The molecule has 0 aliphatic carbocycles. The van der Waals surface area contributed by atoms with Gasteiger partial charge in [0.15, 0.2) is 0 Å². The predicted octanol–water partition coefficient (Wildman–Crippen LogP) is 3.78. The fraction of sp³-hybridized carbons (Fsp3) is 0.400. The Hall–Kier alpha value is -3.16. The van der Waals surface area contributed by atoms with E-state index in [4.69, 9.17) is 14.6 Å². The van der Waals surface area contributed by atoms with E-state index in [1.165, 1.54) is 24.4 Å². The van der Waals surface area contributed by atoms with E-state index in [1.54, 1.807) is 6.07 Å². The Bertz CT molecular complexity index is 817. The van der Waals surface area contributed by atoms with Crippen LogP contribution < -0.4 is 14.8 Å². The Labute approximate surface area is 163 Å². The lowest BCUT2D eigenvalue weighted by Gasteiger charge is -2.17. The Morgan fingerprint density at radius 3 is 2.21 bits per heavy atom. The Kier molecular flexibility index (Phi) is 7.31. The van der Waals surface area contributed by atoms with Gasteiger partial charge in [0, 0.05) is 18.3 Å². The second-order valence-electron chi connectivity index (χ2n) is 6.45. The molecule has 1 amide bonds. The molecule has 2 aromatic rings. The van der Waals surface area contributed by atoms with Crippen LogP contribution in [-0.4, -0.2) is 39.2 Å². The van der Waals surface area contributed by atoms with Gasteiger partial charge in [-0.2, -0.15) is 4.98 Å². The van der Waals surface area contributed by atoms with Crippen LogP contribution in [0.5, 0.6) is 11.8 Å². The first-order valence-corrected chi connectivity index (χ1v) is 9.18. The summed E-state index contributed by atoms with van der Waals surface area (Å²) in [6, 6.07) is 5.87. The molecule has 2 heterocycles. The van der Waals surface area contributed by atoms with Crippen molar-refractivity contribution in [1.29, 1.82) is 0 Å². The number of carbonyl (C=O) groups excluding carboxylic acids is 1. The van der Waals surface area contributed by atoms with Crippen molar-refractivity contribution >= 4 is 17.7 Å². The molecule has 150 valence electrons.